The standard InChI is InChI=1S/C15H23N/c1-10(2)12-8-6-11-7-9-13(15(3,4)5)16-14(11)12/h7,9-10,12H,6,8H2,1-5H3. The van der Waals surface area contributed by atoms with E-state index in [1.165, 1.54) is 29.8 Å². The van der Waals surface area contributed by atoms with Crippen molar-refractivity contribution in [1.82, 2.24) is 4.98 Å². The fourth-order valence-electron chi connectivity index (χ4n) is 2.55. The maximum absolute atomic E-state index is 4.93. The highest BCUT2D eigenvalue weighted by Crippen LogP contribution is 2.38. The second-order valence-corrected chi connectivity index (χ2v) is 6.38. The molecule has 0 radical (unpaired) electrons. The number of hydrogen-bond donors (Lipinski definition) is 0. The molecule has 1 aromatic rings. The van der Waals surface area contributed by atoms with Gasteiger partial charge in [-0.25, -0.2) is 0 Å². The van der Waals surface area contributed by atoms with E-state index in [9.17, 15) is 0 Å². The first-order chi connectivity index (χ1) is 7.39. The minimum Gasteiger partial charge on any atom is -0.257 e. The topological polar surface area (TPSA) is 12.9 Å². The van der Waals surface area contributed by atoms with Gasteiger partial charge in [0.25, 0.3) is 0 Å². The Labute approximate surface area is 99.3 Å². The quantitative estimate of drug-likeness (QED) is 0.691. The van der Waals surface area contributed by atoms with E-state index < -0.39 is 0 Å². The maximum Gasteiger partial charge on any atom is 0.0472 e. The Kier molecular flexibility index (Phi) is 2.81. The normalized spacial score (nSPS) is 20.2. The summed E-state index contributed by atoms with van der Waals surface area (Å²) in [5, 5.41) is 0. The van der Waals surface area contributed by atoms with Crippen molar-refractivity contribution in [3.05, 3.63) is 29.1 Å². The van der Waals surface area contributed by atoms with Gasteiger partial charge in [-0.2, -0.15) is 0 Å². The number of aryl methyl sites for hydroxylation is 1. The van der Waals surface area contributed by atoms with Crippen molar-refractivity contribution in [3.8, 4) is 0 Å². The van der Waals surface area contributed by atoms with E-state index in [1.54, 1.807) is 0 Å². The first-order valence-electron chi connectivity index (χ1n) is 6.40. The summed E-state index contributed by atoms with van der Waals surface area (Å²) in [7, 11) is 0. The summed E-state index contributed by atoms with van der Waals surface area (Å²) in [5.74, 6) is 1.39. The molecule has 0 amide bonds. The average Bonchev–Trinajstić information content (AvgIpc) is 2.58. The molecule has 0 bridgehead atoms. The first-order valence-corrected chi connectivity index (χ1v) is 6.40. The molecule has 0 aliphatic heterocycles. The zero-order valence-electron chi connectivity index (χ0n) is 11.2. The van der Waals surface area contributed by atoms with Crippen molar-refractivity contribution in [2.75, 3.05) is 0 Å². The van der Waals surface area contributed by atoms with Crippen LogP contribution < -0.4 is 0 Å². The van der Waals surface area contributed by atoms with Crippen molar-refractivity contribution < 1.29 is 0 Å². The van der Waals surface area contributed by atoms with Crippen LogP contribution in [-0.2, 0) is 11.8 Å². The van der Waals surface area contributed by atoms with Gasteiger partial charge < -0.3 is 0 Å². The molecule has 1 heteroatoms. The molecule has 0 aromatic carbocycles. The second-order valence-electron chi connectivity index (χ2n) is 6.38. The summed E-state index contributed by atoms with van der Waals surface area (Å²) in [6, 6.07) is 4.51. The lowest BCUT2D eigenvalue weighted by molar-refractivity contribution is 0.481. The van der Waals surface area contributed by atoms with Gasteiger partial charge in [-0.3, -0.25) is 4.98 Å². The largest absolute Gasteiger partial charge is 0.257 e. The number of fused-ring (bicyclic) bond motifs is 1. The van der Waals surface area contributed by atoms with E-state index in [0.717, 1.165) is 0 Å². The SMILES string of the molecule is CC(C)C1CCc2ccc(C(C)(C)C)nc21. The van der Waals surface area contributed by atoms with Crippen molar-refractivity contribution in [2.24, 2.45) is 5.92 Å². The third kappa shape index (κ3) is 2.00. The van der Waals surface area contributed by atoms with Crippen LogP contribution in [0.15, 0.2) is 12.1 Å². The van der Waals surface area contributed by atoms with E-state index in [-0.39, 0.29) is 5.41 Å². The van der Waals surface area contributed by atoms with Crippen LogP contribution in [0.5, 0.6) is 0 Å². The highest BCUT2D eigenvalue weighted by atomic mass is 14.8. The second kappa shape index (κ2) is 3.87. The number of aromatic nitrogens is 1. The molecule has 0 saturated heterocycles. The molecular weight excluding hydrogens is 194 g/mol. The van der Waals surface area contributed by atoms with E-state index in [1.807, 2.05) is 0 Å². The highest BCUT2D eigenvalue weighted by molar-refractivity contribution is 5.32. The van der Waals surface area contributed by atoms with Gasteiger partial charge in [0.05, 0.1) is 0 Å². The molecule has 88 valence electrons. The maximum atomic E-state index is 4.93. The Morgan fingerprint density at radius 1 is 1.25 bits per heavy atom. The number of rotatable bonds is 1. The molecule has 16 heavy (non-hydrogen) atoms. The Morgan fingerprint density at radius 3 is 2.50 bits per heavy atom. The molecule has 0 saturated carbocycles. The van der Waals surface area contributed by atoms with Crippen LogP contribution >= 0.6 is 0 Å². The summed E-state index contributed by atoms with van der Waals surface area (Å²) in [6.45, 7) is 11.3. The molecular formula is C15H23N. The molecule has 1 atom stereocenters. The third-order valence-corrected chi connectivity index (χ3v) is 3.66. The molecule has 1 nitrogen and oxygen atoms in total. The van der Waals surface area contributed by atoms with Crippen molar-refractivity contribution in [3.63, 3.8) is 0 Å². The summed E-state index contributed by atoms with van der Waals surface area (Å²) in [5.41, 5.74) is 4.26. The molecule has 1 aliphatic rings. The Morgan fingerprint density at radius 2 is 1.94 bits per heavy atom. The van der Waals surface area contributed by atoms with Gasteiger partial charge in [0.2, 0.25) is 0 Å². The van der Waals surface area contributed by atoms with Crippen LogP contribution in [0.1, 0.15) is 63.9 Å². The molecule has 1 unspecified atom stereocenters. The van der Waals surface area contributed by atoms with E-state index in [0.29, 0.717) is 11.8 Å². The third-order valence-electron chi connectivity index (χ3n) is 3.66. The lowest BCUT2D eigenvalue weighted by Gasteiger charge is -2.21. The van der Waals surface area contributed by atoms with Crippen molar-refractivity contribution in [2.45, 2.75) is 58.8 Å². The number of nitrogens with zero attached hydrogens (tertiary/aromatic N) is 1. The van der Waals surface area contributed by atoms with Gasteiger partial charge in [0.15, 0.2) is 0 Å². The van der Waals surface area contributed by atoms with Crippen LogP contribution in [0.4, 0.5) is 0 Å². The van der Waals surface area contributed by atoms with Gasteiger partial charge in [0.1, 0.15) is 0 Å². The van der Waals surface area contributed by atoms with Gasteiger partial charge >= 0.3 is 0 Å². The summed E-state index contributed by atoms with van der Waals surface area (Å²) < 4.78 is 0. The molecule has 2 rings (SSSR count). The van der Waals surface area contributed by atoms with Gasteiger partial charge in [-0.05, 0) is 30.4 Å². The lowest BCUT2D eigenvalue weighted by Crippen LogP contribution is -2.15. The molecule has 0 spiro atoms. The first kappa shape index (κ1) is 11.6. The zero-order chi connectivity index (χ0) is 11.9. The van der Waals surface area contributed by atoms with E-state index in [4.69, 9.17) is 4.98 Å². The Bertz CT molecular complexity index is 385. The minimum atomic E-state index is 0.166. The molecule has 1 aromatic heterocycles. The van der Waals surface area contributed by atoms with Gasteiger partial charge in [0, 0.05) is 22.7 Å². The lowest BCUT2D eigenvalue weighted by atomic mass is 9.89. The molecule has 1 heterocycles. The van der Waals surface area contributed by atoms with E-state index in [2.05, 4.69) is 46.8 Å². The van der Waals surface area contributed by atoms with Crippen molar-refractivity contribution in [1.29, 1.82) is 0 Å². The zero-order valence-corrected chi connectivity index (χ0v) is 11.2. The predicted octanol–water partition coefficient (Wildman–Crippen LogP) is 4.06. The predicted molar refractivity (Wildman–Crippen MR) is 68.8 cm³/mol. The molecule has 0 fully saturated rings. The van der Waals surface area contributed by atoms with E-state index >= 15 is 0 Å². The molecule has 0 N–H and O–H groups in total. The number of pyridine rings is 1. The number of hydrogen-bond acceptors (Lipinski definition) is 1. The Balaban J connectivity index is 2.41. The Hall–Kier alpha value is -0.850. The fourth-order valence-corrected chi connectivity index (χ4v) is 2.55. The minimum absolute atomic E-state index is 0.166. The average molecular weight is 217 g/mol. The smallest absolute Gasteiger partial charge is 0.0472 e. The van der Waals surface area contributed by atoms with Gasteiger partial charge in [-0.15, -0.1) is 0 Å². The van der Waals surface area contributed by atoms with Crippen LogP contribution in [0, 0.1) is 5.92 Å². The molecule has 1 aliphatic carbocycles. The van der Waals surface area contributed by atoms with Crippen LogP contribution in [0.2, 0.25) is 0 Å². The van der Waals surface area contributed by atoms with Crippen LogP contribution in [0.25, 0.3) is 0 Å². The monoisotopic (exact) mass is 217 g/mol. The van der Waals surface area contributed by atoms with Gasteiger partial charge in [-0.1, -0.05) is 40.7 Å². The summed E-state index contributed by atoms with van der Waals surface area (Å²) in [6.07, 6.45) is 2.50. The summed E-state index contributed by atoms with van der Waals surface area (Å²) in [4.78, 5) is 4.93. The highest BCUT2D eigenvalue weighted by Gasteiger charge is 2.28. The summed E-state index contributed by atoms with van der Waals surface area (Å²) >= 11 is 0. The van der Waals surface area contributed by atoms with Crippen molar-refractivity contribution >= 4 is 0 Å². The van der Waals surface area contributed by atoms with Crippen LogP contribution in [-0.4, -0.2) is 4.98 Å². The van der Waals surface area contributed by atoms with Crippen LogP contribution in [0.3, 0.4) is 0 Å². The fraction of sp³-hybridized carbons (Fsp3) is 0.667.